The zero-order chi connectivity index (χ0) is 11.7. The molecule has 0 aliphatic carbocycles. The number of amides is 1. The lowest BCUT2D eigenvalue weighted by Gasteiger charge is -2.28. The molecule has 1 N–H and O–H groups in total. The first-order valence-corrected chi connectivity index (χ1v) is 7.01. The van der Waals surface area contributed by atoms with E-state index in [0.29, 0.717) is 5.91 Å². The number of fused-ring (bicyclic) bond motifs is 1. The van der Waals surface area contributed by atoms with E-state index >= 15 is 0 Å². The fourth-order valence-corrected chi connectivity index (χ4v) is 3.54. The van der Waals surface area contributed by atoms with E-state index < -0.39 is 0 Å². The summed E-state index contributed by atoms with van der Waals surface area (Å²) in [6.07, 6.45) is 2.32. The number of likely N-dealkylation sites (tertiary alicyclic amines) is 1. The number of rotatable bonds is 1. The molecule has 1 saturated heterocycles. The van der Waals surface area contributed by atoms with Crippen LogP contribution in [0.2, 0.25) is 0 Å². The van der Waals surface area contributed by atoms with Crippen molar-refractivity contribution >= 4 is 23.4 Å². The molecule has 0 aromatic heterocycles. The molecule has 1 aromatic rings. The summed E-state index contributed by atoms with van der Waals surface area (Å²) in [5, 5.41) is 3.39. The second-order valence-corrected chi connectivity index (χ2v) is 5.76. The molecule has 4 heteroatoms. The molecule has 2 aliphatic heterocycles. The van der Waals surface area contributed by atoms with Gasteiger partial charge in [-0.1, -0.05) is 12.1 Å². The smallest absolute Gasteiger partial charge is 0.237 e. The minimum Gasteiger partial charge on any atom is -0.382 e. The highest BCUT2D eigenvalue weighted by atomic mass is 32.2. The number of nitrogens with zero attached hydrogens (tertiary/aromatic N) is 1. The van der Waals surface area contributed by atoms with E-state index in [1.807, 2.05) is 17.0 Å². The third kappa shape index (κ3) is 2.14. The molecule has 1 aromatic carbocycles. The van der Waals surface area contributed by atoms with Crippen LogP contribution in [0, 0.1) is 0 Å². The van der Waals surface area contributed by atoms with Crippen LogP contribution in [0.25, 0.3) is 0 Å². The molecule has 0 unspecified atom stereocenters. The number of benzene rings is 1. The Kier molecular flexibility index (Phi) is 2.97. The van der Waals surface area contributed by atoms with Crippen molar-refractivity contribution in [2.45, 2.75) is 23.0 Å². The van der Waals surface area contributed by atoms with E-state index in [1.54, 1.807) is 11.8 Å². The Morgan fingerprint density at radius 2 is 2.06 bits per heavy atom. The van der Waals surface area contributed by atoms with Crippen LogP contribution in [0.5, 0.6) is 0 Å². The van der Waals surface area contributed by atoms with Crippen LogP contribution in [-0.2, 0) is 4.79 Å². The number of carbonyl (C=O) groups is 1. The number of carbonyl (C=O) groups excluding carboxylic acids is 1. The summed E-state index contributed by atoms with van der Waals surface area (Å²) >= 11 is 1.70. The summed E-state index contributed by atoms with van der Waals surface area (Å²) in [7, 11) is 0. The summed E-state index contributed by atoms with van der Waals surface area (Å²) in [6.45, 7) is 2.63. The minimum absolute atomic E-state index is 0.0444. The highest BCUT2D eigenvalue weighted by molar-refractivity contribution is 8.00. The maximum absolute atomic E-state index is 12.3. The van der Waals surface area contributed by atoms with E-state index in [4.69, 9.17) is 0 Å². The van der Waals surface area contributed by atoms with Gasteiger partial charge >= 0.3 is 0 Å². The van der Waals surface area contributed by atoms with Gasteiger partial charge in [-0.3, -0.25) is 4.79 Å². The molecule has 1 atom stereocenters. The first-order chi connectivity index (χ1) is 8.34. The Morgan fingerprint density at radius 3 is 2.88 bits per heavy atom. The average molecular weight is 248 g/mol. The second kappa shape index (κ2) is 4.61. The predicted octanol–water partition coefficient (Wildman–Crippen LogP) is 2.20. The Bertz CT molecular complexity index is 429. The fourth-order valence-electron chi connectivity index (χ4n) is 2.39. The highest BCUT2D eigenvalue weighted by Crippen LogP contribution is 2.35. The molecule has 0 bridgehead atoms. The maximum Gasteiger partial charge on any atom is 0.237 e. The number of nitrogens with one attached hydrogen (secondary N) is 1. The summed E-state index contributed by atoms with van der Waals surface area (Å²) in [4.78, 5) is 15.5. The lowest BCUT2D eigenvalue weighted by atomic mass is 10.3. The van der Waals surface area contributed by atoms with Gasteiger partial charge in [0.2, 0.25) is 5.91 Å². The van der Waals surface area contributed by atoms with Gasteiger partial charge in [-0.05, 0) is 25.0 Å². The molecule has 1 amide bonds. The Hall–Kier alpha value is -1.16. The van der Waals surface area contributed by atoms with Crippen molar-refractivity contribution in [1.29, 1.82) is 0 Å². The molecule has 17 heavy (non-hydrogen) atoms. The van der Waals surface area contributed by atoms with E-state index in [9.17, 15) is 4.79 Å². The van der Waals surface area contributed by atoms with Gasteiger partial charge in [0.1, 0.15) is 5.25 Å². The molecular weight excluding hydrogens is 232 g/mol. The van der Waals surface area contributed by atoms with E-state index in [1.165, 1.54) is 4.90 Å². The lowest BCUT2D eigenvalue weighted by Crippen LogP contribution is -2.40. The second-order valence-electron chi connectivity index (χ2n) is 4.52. The number of hydrogen-bond donors (Lipinski definition) is 1. The highest BCUT2D eigenvalue weighted by Gasteiger charge is 2.30. The van der Waals surface area contributed by atoms with Crippen LogP contribution in [0.15, 0.2) is 29.2 Å². The van der Waals surface area contributed by atoms with E-state index in [2.05, 4.69) is 17.4 Å². The van der Waals surface area contributed by atoms with Crippen LogP contribution < -0.4 is 5.32 Å². The molecule has 0 spiro atoms. The lowest BCUT2D eigenvalue weighted by molar-refractivity contribution is -0.129. The molecule has 0 radical (unpaired) electrons. The molecule has 3 rings (SSSR count). The van der Waals surface area contributed by atoms with Gasteiger partial charge in [0.25, 0.3) is 0 Å². The third-order valence-corrected chi connectivity index (χ3v) is 4.59. The quantitative estimate of drug-likeness (QED) is 0.827. The first-order valence-electron chi connectivity index (χ1n) is 6.13. The van der Waals surface area contributed by atoms with Crippen LogP contribution in [0.3, 0.4) is 0 Å². The normalized spacial score (nSPS) is 23.1. The number of thioether (sulfide) groups is 1. The minimum atomic E-state index is 0.0444. The Balaban J connectivity index is 1.73. The molecule has 2 heterocycles. The van der Waals surface area contributed by atoms with Crippen LogP contribution >= 0.6 is 11.8 Å². The Labute approximate surface area is 106 Å². The first kappa shape index (κ1) is 11.0. The van der Waals surface area contributed by atoms with E-state index in [-0.39, 0.29) is 5.25 Å². The molecule has 1 fully saturated rings. The molecule has 0 saturated carbocycles. The zero-order valence-electron chi connectivity index (χ0n) is 9.69. The number of hydrogen-bond acceptors (Lipinski definition) is 3. The van der Waals surface area contributed by atoms with Gasteiger partial charge in [-0.2, -0.15) is 0 Å². The SMILES string of the molecule is O=C([C@H]1CNc2ccccc2S1)N1CCCC1. The van der Waals surface area contributed by atoms with Crippen LogP contribution in [0.4, 0.5) is 5.69 Å². The standard InChI is InChI=1S/C13H16N2OS/c16-13(15-7-3-4-8-15)12-9-14-10-5-1-2-6-11(10)17-12/h1-2,5-6,12,14H,3-4,7-9H2/t12-/m1/s1. The van der Waals surface area contributed by atoms with Crippen molar-refractivity contribution in [3.8, 4) is 0 Å². The van der Waals surface area contributed by atoms with Gasteiger partial charge in [0.15, 0.2) is 0 Å². The molecule has 3 nitrogen and oxygen atoms in total. The summed E-state index contributed by atoms with van der Waals surface area (Å²) in [6, 6.07) is 8.19. The van der Waals surface area contributed by atoms with Crippen molar-refractivity contribution in [2.24, 2.45) is 0 Å². The van der Waals surface area contributed by atoms with Crippen LogP contribution in [0.1, 0.15) is 12.8 Å². The molecular formula is C13H16N2OS. The largest absolute Gasteiger partial charge is 0.382 e. The van der Waals surface area contributed by atoms with Crippen molar-refractivity contribution in [2.75, 3.05) is 25.0 Å². The summed E-state index contributed by atoms with van der Waals surface area (Å²) in [5.74, 6) is 0.300. The van der Waals surface area contributed by atoms with Crippen molar-refractivity contribution in [3.05, 3.63) is 24.3 Å². The maximum atomic E-state index is 12.3. The molecule has 2 aliphatic rings. The van der Waals surface area contributed by atoms with Gasteiger partial charge in [-0.25, -0.2) is 0 Å². The topological polar surface area (TPSA) is 32.3 Å². The Morgan fingerprint density at radius 1 is 1.29 bits per heavy atom. The van der Waals surface area contributed by atoms with Gasteiger partial charge in [0.05, 0.1) is 0 Å². The van der Waals surface area contributed by atoms with Crippen molar-refractivity contribution in [3.63, 3.8) is 0 Å². The zero-order valence-corrected chi connectivity index (χ0v) is 10.5. The molecule has 90 valence electrons. The van der Waals surface area contributed by atoms with E-state index in [0.717, 1.165) is 38.2 Å². The monoisotopic (exact) mass is 248 g/mol. The number of para-hydroxylation sites is 1. The third-order valence-electron chi connectivity index (χ3n) is 3.33. The van der Waals surface area contributed by atoms with Crippen molar-refractivity contribution < 1.29 is 4.79 Å². The van der Waals surface area contributed by atoms with Crippen LogP contribution in [-0.4, -0.2) is 35.7 Å². The summed E-state index contributed by atoms with van der Waals surface area (Å²) in [5.41, 5.74) is 1.16. The summed E-state index contributed by atoms with van der Waals surface area (Å²) < 4.78 is 0. The van der Waals surface area contributed by atoms with Gasteiger partial charge in [-0.15, -0.1) is 11.8 Å². The number of anilines is 1. The van der Waals surface area contributed by atoms with Crippen molar-refractivity contribution in [1.82, 2.24) is 4.90 Å². The van der Waals surface area contributed by atoms with Gasteiger partial charge < -0.3 is 10.2 Å². The fraction of sp³-hybridized carbons (Fsp3) is 0.462. The predicted molar refractivity (Wildman–Crippen MR) is 70.4 cm³/mol. The average Bonchev–Trinajstić information content (AvgIpc) is 2.91. The van der Waals surface area contributed by atoms with Gasteiger partial charge in [0, 0.05) is 30.2 Å².